The molecule has 3 nitrogen and oxygen atoms in total. The molecule has 0 aliphatic carbocycles. The lowest BCUT2D eigenvalue weighted by Gasteiger charge is -1.97. The Kier molecular flexibility index (Phi) is 3.09. The Morgan fingerprint density at radius 2 is 2.25 bits per heavy atom. The van der Waals surface area contributed by atoms with E-state index in [0.29, 0.717) is 5.69 Å². The molecule has 0 saturated carbocycles. The van der Waals surface area contributed by atoms with E-state index in [1.807, 2.05) is 0 Å². The molecule has 0 aliphatic heterocycles. The van der Waals surface area contributed by atoms with Crippen LogP contribution in [0.3, 0.4) is 0 Å². The minimum atomic E-state index is -1.82. The van der Waals surface area contributed by atoms with Crippen molar-refractivity contribution in [3.63, 3.8) is 0 Å². The van der Waals surface area contributed by atoms with Crippen LogP contribution in [0.25, 0.3) is 0 Å². The molecule has 12 heavy (non-hydrogen) atoms. The number of alkyl halides is 1. The molecule has 1 atom stereocenters. The molecular formula is C5H5Cl2FN2OS. The fourth-order valence-electron chi connectivity index (χ4n) is 0.676. The molecule has 0 saturated heterocycles. The molecule has 1 unspecified atom stereocenters. The summed E-state index contributed by atoms with van der Waals surface area (Å²) in [6.07, 6.45) is 0. The van der Waals surface area contributed by atoms with Gasteiger partial charge in [0, 0.05) is 0 Å². The van der Waals surface area contributed by atoms with Crippen LogP contribution in [0.1, 0.15) is 5.69 Å². The lowest BCUT2D eigenvalue weighted by atomic mass is 10.5. The van der Waals surface area contributed by atoms with Crippen molar-refractivity contribution in [2.45, 2.75) is 6.92 Å². The van der Waals surface area contributed by atoms with Crippen LogP contribution in [0.4, 0.5) is 4.39 Å². The van der Waals surface area contributed by atoms with Crippen LogP contribution in [-0.4, -0.2) is 19.4 Å². The van der Waals surface area contributed by atoms with Crippen LogP contribution >= 0.6 is 23.2 Å². The standard InChI is InChI=1S/C5H5Cl2FN2OS/c1-3-4(6)5(7)9-10(3)12(11)2-8/h2H2,1H3. The van der Waals surface area contributed by atoms with Gasteiger partial charge in [-0.3, -0.25) is 0 Å². The van der Waals surface area contributed by atoms with Crippen LogP contribution in [-0.2, 0) is 11.0 Å². The van der Waals surface area contributed by atoms with E-state index < -0.39 is 17.0 Å². The van der Waals surface area contributed by atoms with Crippen molar-refractivity contribution in [2.75, 3.05) is 6.01 Å². The van der Waals surface area contributed by atoms with Gasteiger partial charge in [0.25, 0.3) is 0 Å². The minimum absolute atomic E-state index is 0.0379. The van der Waals surface area contributed by atoms with Crippen molar-refractivity contribution in [1.29, 1.82) is 0 Å². The molecule has 0 fully saturated rings. The zero-order valence-corrected chi connectivity index (χ0v) is 8.38. The maximum absolute atomic E-state index is 11.9. The third-order valence-corrected chi connectivity index (χ3v) is 2.99. The Hall–Kier alpha value is -0.130. The highest BCUT2D eigenvalue weighted by molar-refractivity contribution is 7.83. The highest BCUT2D eigenvalue weighted by atomic mass is 35.5. The third kappa shape index (κ3) is 1.62. The summed E-state index contributed by atoms with van der Waals surface area (Å²) in [5, 5.41) is 3.84. The number of halogens is 3. The van der Waals surface area contributed by atoms with Gasteiger partial charge in [-0.1, -0.05) is 23.2 Å². The molecule has 68 valence electrons. The van der Waals surface area contributed by atoms with Gasteiger partial charge in [0.1, 0.15) is 5.02 Å². The van der Waals surface area contributed by atoms with Crippen molar-refractivity contribution in [3.8, 4) is 0 Å². The lowest BCUT2D eigenvalue weighted by Crippen LogP contribution is -2.09. The summed E-state index contributed by atoms with van der Waals surface area (Å²) in [5.41, 5.74) is 0.401. The summed E-state index contributed by atoms with van der Waals surface area (Å²) in [6, 6.07) is -1.00. The minimum Gasteiger partial charge on any atom is -0.234 e. The zero-order valence-electron chi connectivity index (χ0n) is 6.05. The Bertz CT molecular complexity index is 327. The van der Waals surface area contributed by atoms with E-state index in [2.05, 4.69) is 5.10 Å². The lowest BCUT2D eigenvalue weighted by molar-refractivity contribution is 0.572. The second kappa shape index (κ2) is 3.72. The normalized spacial score (nSPS) is 13.3. The van der Waals surface area contributed by atoms with Gasteiger partial charge in [-0.2, -0.15) is 4.09 Å². The smallest absolute Gasteiger partial charge is 0.185 e. The summed E-state index contributed by atoms with van der Waals surface area (Å²) in [7, 11) is -1.82. The van der Waals surface area contributed by atoms with Gasteiger partial charge < -0.3 is 0 Å². The van der Waals surface area contributed by atoms with Crippen LogP contribution < -0.4 is 0 Å². The summed E-state index contributed by atoms with van der Waals surface area (Å²) in [4.78, 5) is 0. The topological polar surface area (TPSA) is 34.9 Å². The first-order chi connectivity index (χ1) is 5.57. The molecule has 0 aliphatic rings. The van der Waals surface area contributed by atoms with Crippen LogP contribution in [0, 0.1) is 6.92 Å². The highest BCUT2D eigenvalue weighted by Gasteiger charge is 2.14. The SMILES string of the molecule is Cc1c(Cl)c(Cl)nn1S(=O)CF. The molecule has 1 aromatic rings. The average Bonchev–Trinajstić information content (AvgIpc) is 2.32. The van der Waals surface area contributed by atoms with Gasteiger partial charge in [-0.15, -0.1) is 5.10 Å². The van der Waals surface area contributed by atoms with Crippen molar-refractivity contribution in [1.82, 2.24) is 9.19 Å². The first-order valence-corrected chi connectivity index (χ1v) is 4.96. The molecule has 1 heterocycles. The fraction of sp³-hybridized carbons (Fsp3) is 0.400. The van der Waals surface area contributed by atoms with E-state index in [-0.39, 0.29) is 10.2 Å². The predicted octanol–water partition coefficient (Wildman–Crippen LogP) is 1.94. The summed E-state index contributed by atoms with van der Waals surface area (Å²) < 4.78 is 23.8. The van der Waals surface area contributed by atoms with Crippen molar-refractivity contribution in [3.05, 3.63) is 15.9 Å². The van der Waals surface area contributed by atoms with Gasteiger partial charge in [0.15, 0.2) is 22.1 Å². The van der Waals surface area contributed by atoms with E-state index in [0.717, 1.165) is 4.09 Å². The van der Waals surface area contributed by atoms with Gasteiger partial charge >= 0.3 is 0 Å². The van der Waals surface area contributed by atoms with Gasteiger partial charge in [0.2, 0.25) is 0 Å². The zero-order chi connectivity index (χ0) is 9.30. The van der Waals surface area contributed by atoms with Crippen molar-refractivity contribution in [2.24, 2.45) is 0 Å². The largest absolute Gasteiger partial charge is 0.234 e. The third-order valence-electron chi connectivity index (χ3n) is 1.25. The predicted molar refractivity (Wildman–Crippen MR) is 46.5 cm³/mol. The van der Waals surface area contributed by atoms with Gasteiger partial charge in [-0.25, -0.2) is 8.60 Å². The Morgan fingerprint density at radius 1 is 1.67 bits per heavy atom. The molecule has 0 spiro atoms. The first-order valence-electron chi connectivity index (χ1n) is 2.93. The maximum atomic E-state index is 11.9. The Morgan fingerprint density at radius 3 is 2.58 bits per heavy atom. The molecule has 0 aromatic carbocycles. The van der Waals surface area contributed by atoms with Crippen molar-refractivity contribution >= 4 is 34.2 Å². The van der Waals surface area contributed by atoms with E-state index in [4.69, 9.17) is 23.2 Å². The molecule has 0 N–H and O–H groups in total. The molecule has 0 amide bonds. The van der Waals surface area contributed by atoms with E-state index in [9.17, 15) is 8.60 Å². The van der Waals surface area contributed by atoms with Gasteiger partial charge in [-0.05, 0) is 6.92 Å². The second-order valence-corrected chi connectivity index (χ2v) is 3.94. The quantitative estimate of drug-likeness (QED) is 0.779. The average molecular weight is 231 g/mol. The van der Waals surface area contributed by atoms with Gasteiger partial charge in [0.05, 0.1) is 5.69 Å². The van der Waals surface area contributed by atoms with E-state index in [1.165, 1.54) is 0 Å². The fourth-order valence-corrected chi connectivity index (χ4v) is 1.76. The molecule has 0 bridgehead atoms. The van der Waals surface area contributed by atoms with Crippen LogP contribution in [0.5, 0.6) is 0 Å². The second-order valence-electron chi connectivity index (χ2n) is 1.99. The first kappa shape index (κ1) is 9.95. The van der Waals surface area contributed by atoms with E-state index >= 15 is 0 Å². The number of rotatable bonds is 2. The summed E-state index contributed by atoms with van der Waals surface area (Å²) in [5.74, 6) is 0. The molecule has 7 heteroatoms. The number of aromatic nitrogens is 2. The summed E-state index contributed by atoms with van der Waals surface area (Å²) >= 11 is 11.1. The summed E-state index contributed by atoms with van der Waals surface area (Å²) in [6.45, 7) is 1.56. The van der Waals surface area contributed by atoms with E-state index in [1.54, 1.807) is 6.92 Å². The van der Waals surface area contributed by atoms with Crippen LogP contribution in [0.2, 0.25) is 10.2 Å². The highest BCUT2D eigenvalue weighted by Crippen LogP contribution is 2.24. The Labute approximate surface area is 81.1 Å². The molecular weight excluding hydrogens is 226 g/mol. The Balaban J connectivity index is 3.17. The molecule has 1 rings (SSSR count). The molecule has 1 aromatic heterocycles. The van der Waals surface area contributed by atoms with Crippen LogP contribution in [0.15, 0.2) is 0 Å². The van der Waals surface area contributed by atoms with Crippen molar-refractivity contribution < 1.29 is 8.60 Å². The monoisotopic (exact) mass is 230 g/mol. The number of hydrogen-bond acceptors (Lipinski definition) is 2. The number of hydrogen-bond donors (Lipinski definition) is 0. The number of nitrogens with zero attached hydrogens (tertiary/aromatic N) is 2. The molecule has 0 radical (unpaired) electrons. The maximum Gasteiger partial charge on any atom is 0.185 e.